The van der Waals surface area contributed by atoms with Crippen molar-refractivity contribution in [1.82, 2.24) is 28.1 Å². The van der Waals surface area contributed by atoms with E-state index in [1.807, 2.05) is 11.2 Å². The maximum absolute atomic E-state index is 13.6. The molecule has 232 valence electrons. The number of nitrogens with one attached hydrogen (secondary N) is 2. The third kappa shape index (κ3) is 5.40. The number of furan rings is 1. The Kier molecular flexibility index (Phi) is 8.25. The molecule has 6 rings (SSSR count). The van der Waals surface area contributed by atoms with Crippen molar-refractivity contribution < 1.29 is 22.5 Å². The van der Waals surface area contributed by atoms with Crippen molar-refractivity contribution in [2.24, 2.45) is 0 Å². The van der Waals surface area contributed by atoms with Crippen molar-refractivity contribution in [2.75, 3.05) is 18.8 Å². The van der Waals surface area contributed by atoms with Crippen molar-refractivity contribution in [2.45, 2.75) is 36.8 Å². The van der Waals surface area contributed by atoms with E-state index in [4.69, 9.17) is 14.8 Å². The van der Waals surface area contributed by atoms with Crippen molar-refractivity contribution in [1.29, 1.82) is 10.7 Å². The van der Waals surface area contributed by atoms with E-state index < -0.39 is 26.9 Å². The molecule has 0 spiro atoms. The lowest BCUT2D eigenvalue weighted by atomic mass is 9.89. The molecule has 1 fully saturated rings. The summed E-state index contributed by atoms with van der Waals surface area (Å²) in [5.41, 5.74) is 0.691. The van der Waals surface area contributed by atoms with Gasteiger partial charge in [-0.15, -0.1) is 4.31 Å². The van der Waals surface area contributed by atoms with Gasteiger partial charge in [-0.1, -0.05) is 25.1 Å². The Balaban J connectivity index is 1.50. The molecule has 45 heavy (non-hydrogen) atoms. The van der Waals surface area contributed by atoms with Crippen LogP contribution >= 0.6 is 0 Å². The molecule has 0 saturated carbocycles. The number of nitrogens with zero attached hydrogens (tertiary/aromatic N) is 6. The molecule has 4 aromatic heterocycles. The van der Waals surface area contributed by atoms with Gasteiger partial charge in [0.05, 0.1) is 53.4 Å². The minimum absolute atomic E-state index is 0.104. The van der Waals surface area contributed by atoms with Gasteiger partial charge in [-0.25, -0.2) is 22.4 Å². The Labute approximate surface area is 262 Å². The highest BCUT2D eigenvalue weighted by atomic mass is 32.2. The number of aliphatic hydroxyl groups excluding tert-OH is 1. The van der Waals surface area contributed by atoms with Crippen LogP contribution < -0.4 is 5.32 Å². The Morgan fingerprint density at radius 3 is 2.71 bits per heavy atom. The summed E-state index contributed by atoms with van der Waals surface area (Å²) in [5.74, 6) is 1.46. The summed E-state index contributed by atoms with van der Waals surface area (Å²) in [5, 5.41) is 31.4. The first-order valence-electron chi connectivity index (χ1n) is 14.1. The molecule has 15 heteroatoms. The molecule has 0 amide bonds. The van der Waals surface area contributed by atoms with Gasteiger partial charge in [0.15, 0.2) is 17.2 Å². The van der Waals surface area contributed by atoms with Crippen molar-refractivity contribution in [3.63, 3.8) is 0 Å². The van der Waals surface area contributed by atoms with Gasteiger partial charge >= 0.3 is 0 Å². The number of benzene rings is 1. The van der Waals surface area contributed by atoms with Crippen LogP contribution in [0, 0.1) is 16.7 Å². The Morgan fingerprint density at radius 2 is 2.04 bits per heavy atom. The molecule has 5 heterocycles. The van der Waals surface area contributed by atoms with Gasteiger partial charge < -0.3 is 24.8 Å². The second-order valence-corrected chi connectivity index (χ2v) is 14.0. The number of nitriles is 1. The number of hydrogen-bond acceptors (Lipinski definition) is 11. The molecule has 1 aromatic carbocycles. The molecule has 0 radical (unpaired) electrons. The molecule has 1 unspecified atom stereocenters. The molecule has 1 saturated heterocycles. The number of hydrogen-bond donors (Lipinski definition) is 3. The SMILES string of the molecule is CCC[S+]([O-])N1CC(CC#N)(N/C=C(\C=N)n2c(-c3ccc(CO)o3)nc3cnc4c(ccn4S(=O)(=O)c4ccccc4)c32)C1. The van der Waals surface area contributed by atoms with Crippen LogP contribution in [0.15, 0.2) is 76.4 Å². The normalized spacial score (nSPS) is 16.0. The first kappa shape index (κ1) is 30.6. The maximum atomic E-state index is 13.6. The number of allylic oxidation sites excluding steroid dienone is 1. The van der Waals surface area contributed by atoms with Gasteiger partial charge in [-0.3, -0.25) is 4.57 Å². The van der Waals surface area contributed by atoms with Crippen molar-refractivity contribution in [3.05, 3.63) is 72.9 Å². The lowest BCUT2D eigenvalue weighted by molar-refractivity contribution is 0.135. The third-order valence-corrected chi connectivity index (χ3v) is 10.9. The number of fused-ring (bicyclic) bond motifs is 3. The van der Waals surface area contributed by atoms with Crippen LogP contribution in [0.25, 0.3) is 39.3 Å². The predicted octanol–water partition coefficient (Wildman–Crippen LogP) is 3.45. The highest BCUT2D eigenvalue weighted by Crippen LogP contribution is 2.35. The van der Waals surface area contributed by atoms with E-state index in [1.54, 1.807) is 47.2 Å². The summed E-state index contributed by atoms with van der Waals surface area (Å²) in [6.45, 7) is 2.41. The fraction of sp³-hybridized carbons (Fsp3) is 0.267. The zero-order chi connectivity index (χ0) is 31.8. The van der Waals surface area contributed by atoms with E-state index >= 15 is 0 Å². The average molecular weight is 647 g/mol. The van der Waals surface area contributed by atoms with Gasteiger partial charge in [-0.2, -0.15) is 5.26 Å². The fourth-order valence-electron chi connectivity index (χ4n) is 5.41. The second kappa shape index (κ2) is 12.1. The van der Waals surface area contributed by atoms with Crippen LogP contribution in [-0.2, 0) is 28.0 Å². The van der Waals surface area contributed by atoms with Gasteiger partial charge in [0.2, 0.25) is 0 Å². The fourth-order valence-corrected chi connectivity index (χ4v) is 8.12. The molecule has 5 aromatic rings. The lowest BCUT2D eigenvalue weighted by Crippen LogP contribution is -2.69. The molecule has 1 aliphatic rings. The van der Waals surface area contributed by atoms with Crippen molar-refractivity contribution >= 4 is 55.4 Å². The monoisotopic (exact) mass is 646 g/mol. The summed E-state index contributed by atoms with van der Waals surface area (Å²) < 4.78 is 50.1. The van der Waals surface area contributed by atoms with Crippen LogP contribution in [-0.4, -0.2) is 71.5 Å². The minimum Gasteiger partial charge on any atom is -0.598 e. The quantitative estimate of drug-likeness (QED) is 0.134. The summed E-state index contributed by atoms with van der Waals surface area (Å²) in [6.07, 6.45) is 6.54. The topological polar surface area (TPSA) is 189 Å². The molecule has 13 nitrogen and oxygen atoms in total. The lowest BCUT2D eigenvalue weighted by Gasteiger charge is -2.47. The molecular formula is C30H30N8O5S2. The van der Waals surface area contributed by atoms with Crippen LogP contribution in [0.1, 0.15) is 25.5 Å². The molecule has 1 aliphatic heterocycles. The van der Waals surface area contributed by atoms with E-state index in [1.165, 1.54) is 24.5 Å². The zero-order valence-electron chi connectivity index (χ0n) is 24.3. The molecular weight excluding hydrogens is 617 g/mol. The standard InChI is InChI=1S/C30H30N8O5S2/c1-2-14-44(40)36-19-30(20-36,11-12-31)34-16-21(15-32)38-27-24-10-13-37(45(41,42)23-6-4-3-5-7-23)28(24)33-17-25(27)35-29(38)26-9-8-22(18-39)43-26/h3-10,13,15-17,32,34,39H,2,11,14,18-20H2,1H3/b21-16+,32-15?. The first-order valence-corrected chi connectivity index (χ1v) is 16.8. The summed E-state index contributed by atoms with van der Waals surface area (Å²) >= 11 is -1.14. The van der Waals surface area contributed by atoms with Crippen LogP contribution in [0.5, 0.6) is 0 Å². The Morgan fingerprint density at radius 1 is 1.27 bits per heavy atom. The Bertz CT molecular complexity index is 2050. The van der Waals surface area contributed by atoms with Crippen LogP contribution in [0.4, 0.5) is 0 Å². The van der Waals surface area contributed by atoms with Gasteiger partial charge in [0, 0.05) is 35.4 Å². The second-order valence-electron chi connectivity index (χ2n) is 10.7. The zero-order valence-corrected chi connectivity index (χ0v) is 25.9. The van der Waals surface area contributed by atoms with E-state index in [-0.39, 0.29) is 23.6 Å². The van der Waals surface area contributed by atoms with Gasteiger partial charge in [-0.05, 0) is 36.8 Å². The summed E-state index contributed by atoms with van der Waals surface area (Å²) in [6, 6.07) is 15.1. The molecule has 0 aliphatic carbocycles. The maximum Gasteiger partial charge on any atom is 0.269 e. The number of aromatic nitrogens is 4. The smallest absolute Gasteiger partial charge is 0.269 e. The number of pyridine rings is 1. The van der Waals surface area contributed by atoms with E-state index in [0.29, 0.717) is 58.3 Å². The third-order valence-electron chi connectivity index (χ3n) is 7.61. The first-order chi connectivity index (χ1) is 21.7. The summed E-state index contributed by atoms with van der Waals surface area (Å²) in [7, 11) is -3.98. The van der Waals surface area contributed by atoms with Crippen LogP contribution in [0.3, 0.4) is 0 Å². The molecule has 3 N–H and O–H groups in total. The predicted molar refractivity (Wildman–Crippen MR) is 170 cm³/mol. The highest BCUT2D eigenvalue weighted by molar-refractivity contribution is 7.90. The highest BCUT2D eigenvalue weighted by Gasteiger charge is 2.48. The van der Waals surface area contributed by atoms with E-state index in [2.05, 4.69) is 16.4 Å². The number of rotatable bonds is 12. The van der Waals surface area contributed by atoms with Gasteiger partial charge in [0.25, 0.3) is 10.0 Å². The van der Waals surface area contributed by atoms with E-state index in [0.717, 1.165) is 16.6 Å². The van der Waals surface area contributed by atoms with Crippen molar-refractivity contribution in [3.8, 4) is 17.7 Å². The van der Waals surface area contributed by atoms with Crippen LogP contribution in [0.2, 0.25) is 0 Å². The molecule has 0 bridgehead atoms. The molecule has 1 atom stereocenters. The van der Waals surface area contributed by atoms with E-state index in [9.17, 15) is 23.3 Å². The largest absolute Gasteiger partial charge is 0.598 e. The number of imidazole rings is 1. The minimum atomic E-state index is -3.98. The average Bonchev–Trinajstić information content (AvgIpc) is 3.77. The Hall–Kier alpha value is -4.46. The number of aliphatic hydroxyl groups is 1. The summed E-state index contributed by atoms with van der Waals surface area (Å²) in [4.78, 5) is 9.31. The van der Waals surface area contributed by atoms with Gasteiger partial charge in [0.1, 0.15) is 23.6 Å².